The van der Waals surface area contributed by atoms with Gasteiger partial charge < -0.3 is 10.1 Å². The second kappa shape index (κ2) is 4.88. The molecule has 0 aromatic carbocycles. The first-order valence-corrected chi connectivity index (χ1v) is 11.3. The zero-order valence-electron chi connectivity index (χ0n) is 16.6. The molecule has 0 unspecified atom stereocenters. The second-order valence-corrected chi connectivity index (χ2v) is 11.7. The largest absolute Gasteiger partial charge is 0.364 e. The van der Waals surface area contributed by atoms with Crippen molar-refractivity contribution >= 4 is 5.91 Å². The third kappa shape index (κ3) is 1.78. The normalized spacial score (nSPS) is 58.5. The summed E-state index contributed by atoms with van der Waals surface area (Å²) in [6.07, 6.45) is 13.4. The lowest BCUT2D eigenvalue weighted by atomic mass is 9.49. The van der Waals surface area contributed by atoms with Crippen molar-refractivity contribution in [3.8, 4) is 0 Å². The van der Waals surface area contributed by atoms with Crippen LogP contribution in [0.3, 0.4) is 0 Å². The zero-order chi connectivity index (χ0) is 17.8. The Hall–Kier alpha value is -0.570. The average Bonchev–Trinajstić information content (AvgIpc) is 3.05. The van der Waals surface area contributed by atoms with Gasteiger partial charge in [0.15, 0.2) is 5.60 Å². The highest BCUT2D eigenvalue weighted by atomic mass is 16.5. The minimum absolute atomic E-state index is 0.0510. The van der Waals surface area contributed by atoms with Gasteiger partial charge >= 0.3 is 0 Å². The molecule has 1 amide bonds. The van der Waals surface area contributed by atoms with Crippen LogP contribution >= 0.6 is 0 Å². The Kier molecular flexibility index (Phi) is 3.08. The number of carbonyl (C=O) groups is 1. The Bertz CT molecular complexity index is 623. The van der Waals surface area contributed by atoms with E-state index < -0.39 is 5.60 Å². The van der Waals surface area contributed by atoms with Gasteiger partial charge in [0.05, 0.1) is 6.61 Å². The minimum Gasteiger partial charge on any atom is -0.364 e. The topological polar surface area (TPSA) is 38.3 Å². The molecule has 3 nitrogen and oxygen atoms in total. The fourth-order valence-electron chi connectivity index (χ4n) is 9.44. The van der Waals surface area contributed by atoms with Gasteiger partial charge in [-0.2, -0.15) is 0 Å². The molecule has 8 bridgehead atoms. The van der Waals surface area contributed by atoms with E-state index in [1.165, 1.54) is 51.4 Å². The van der Waals surface area contributed by atoms with Crippen LogP contribution in [0, 0.1) is 39.9 Å². The van der Waals surface area contributed by atoms with Crippen LogP contribution in [0.4, 0.5) is 0 Å². The molecule has 1 saturated heterocycles. The first kappa shape index (κ1) is 16.4. The second-order valence-electron chi connectivity index (χ2n) is 11.7. The number of rotatable bonds is 4. The Morgan fingerprint density at radius 2 is 1.69 bits per heavy atom. The third-order valence-electron chi connectivity index (χ3n) is 10.7. The molecule has 0 spiro atoms. The summed E-state index contributed by atoms with van der Waals surface area (Å²) < 4.78 is 6.28. The molecule has 1 N–H and O–H groups in total. The van der Waals surface area contributed by atoms with Crippen molar-refractivity contribution in [3.63, 3.8) is 0 Å². The van der Waals surface area contributed by atoms with Crippen LogP contribution in [0.1, 0.15) is 78.1 Å². The molecule has 3 heteroatoms. The van der Waals surface area contributed by atoms with E-state index in [9.17, 15) is 4.79 Å². The lowest BCUT2D eigenvalue weighted by molar-refractivity contribution is -0.155. The molecule has 4 atom stereocenters. The van der Waals surface area contributed by atoms with Crippen molar-refractivity contribution in [1.29, 1.82) is 0 Å². The molecule has 1 aliphatic heterocycles. The lowest BCUT2D eigenvalue weighted by Gasteiger charge is -2.57. The van der Waals surface area contributed by atoms with Gasteiger partial charge in [-0.15, -0.1) is 0 Å². The summed E-state index contributed by atoms with van der Waals surface area (Å²) in [5, 5.41) is 3.38. The molecule has 1 heterocycles. The van der Waals surface area contributed by atoms with E-state index in [1.54, 1.807) is 0 Å². The summed E-state index contributed by atoms with van der Waals surface area (Å²) in [5.41, 5.74) is 0.315. The van der Waals surface area contributed by atoms with Crippen LogP contribution in [-0.2, 0) is 9.53 Å². The van der Waals surface area contributed by atoms with Gasteiger partial charge in [-0.05, 0) is 93.3 Å². The molecule has 7 aliphatic rings. The predicted octanol–water partition coefficient (Wildman–Crippen LogP) is 4.30. The van der Waals surface area contributed by atoms with Crippen molar-refractivity contribution in [2.24, 2.45) is 39.9 Å². The average molecular weight is 358 g/mol. The van der Waals surface area contributed by atoms with Crippen LogP contribution in [0.5, 0.6) is 0 Å². The molecular weight excluding hydrogens is 322 g/mol. The van der Waals surface area contributed by atoms with E-state index in [0.29, 0.717) is 11.3 Å². The molecule has 6 saturated carbocycles. The van der Waals surface area contributed by atoms with Crippen molar-refractivity contribution in [2.75, 3.05) is 13.2 Å². The number of amides is 1. The van der Waals surface area contributed by atoms with Gasteiger partial charge in [0, 0.05) is 17.4 Å². The molecule has 7 rings (SSSR count). The minimum atomic E-state index is -0.522. The van der Waals surface area contributed by atoms with E-state index in [0.717, 1.165) is 43.7 Å². The Morgan fingerprint density at radius 3 is 2.27 bits per heavy atom. The highest BCUT2D eigenvalue weighted by Crippen LogP contribution is 2.75. The molecular formula is C23H35NO2. The lowest BCUT2D eigenvalue weighted by Crippen LogP contribution is -2.56. The SMILES string of the molecule is C[C@@]12CC[C@@H]3C[C@]1(C(=O)NCCC14CC5CC(CC(C5)C1)C4)OC[C@]32C. The number of hydrogen-bond donors (Lipinski definition) is 1. The fraction of sp³-hybridized carbons (Fsp3) is 0.957. The maximum Gasteiger partial charge on any atom is 0.252 e. The summed E-state index contributed by atoms with van der Waals surface area (Å²) in [6, 6.07) is 0. The Morgan fingerprint density at radius 1 is 1.04 bits per heavy atom. The standard InChI is InChI=1S/C23H35NO2/c1-20-14-26-23(13-18(20)3-4-21(20,23)2)19(25)24-6-5-22-10-15-7-16(11-22)9-17(8-15)12-22/h15-18H,3-14H2,1-2H3,(H,24,25)/t15?,16?,17?,18-,20-,21+,22?,23-/m1/s1. The Balaban J connectivity index is 1.14. The van der Waals surface area contributed by atoms with E-state index in [2.05, 4.69) is 19.2 Å². The van der Waals surface area contributed by atoms with Crippen molar-refractivity contribution in [2.45, 2.75) is 83.7 Å². The number of ether oxygens (including phenoxy) is 1. The summed E-state index contributed by atoms with van der Waals surface area (Å²) in [7, 11) is 0. The number of carbonyl (C=O) groups excluding carboxylic acids is 1. The first-order chi connectivity index (χ1) is 12.4. The molecule has 0 aromatic heterocycles. The number of hydrogen-bond acceptors (Lipinski definition) is 2. The first-order valence-electron chi connectivity index (χ1n) is 11.3. The smallest absolute Gasteiger partial charge is 0.252 e. The summed E-state index contributed by atoms with van der Waals surface area (Å²) >= 11 is 0. The summed E-state index contributed by atoms with van der Waals surface area (Å²) in [4.78, 5) is 13.3. The molecule has 0 aromatic rings. The van der Waals surface area contributed by atoms with Crippen LogP contribution in [-0.4, -0.2) is 24.7 Å². The predicted molar refractivity (Wildman–Crippen MR) is 100 cm³/mol. The molecule has 0 radical (unpaired) electrons. The van der Waals surface area contributed by atoms with Crippen LogP contribution in [0.2, 0.25) is 0 Å². The van der Waals surface area contributed by atoms with Gasteiger partial charge in [-0.25, -0.2) is 0 Å². The monoisotopic (exact) mass is 357 g/mol. The van der Waals surface area contributed by atoms with Gasteiger partial charge in [-0.1, -0.05) is 13.8 Å². The highest BCUT2D eigenvalue weighted by molar-refractivity contribution is 5.88. The van der Waals surface area contributed by atoms with E-state index in [1.807, 2.05) is 0 Å². The zero-order valence-corrected chi connectivity index (χ0v) is 16.6. The molecule has 26 heavy (non-hydrogen) atoms. The quantitative estimate of drug-likeness (QED) is 0.814. The van der Waals surface area contributed by atoms with Gasteiger partial charge in [0.25, 0.3) is 5.91 Å². The summed E-state index contributed by atoms with van der Waals surface area (Å²) in [5.74, 6) is 3.91. The van der Waals surface area contributed by atoms with E-state index >= 15 is 0 Å². The van der Waals surface area contributed by atoms with Crippen LogP contribution in [0.25, 0.3) is 0 Å². The van der Waals surface area contributed by atoms with Gasteiger partial charge in [0.2, 0.25) is 0 Å². The Labute approximate surface area is 158 Å². The van der Waals surface area contributed by atoms with E-state index in [-0.39, 0.29) is 16.7 Å². The van der Waals surface area contributed by atoms with Gasteiger partial charge in [-0.3, -0.25) is 4.79 Å². The maximum atomic E-state index is 13.3. The van der Waals surface area contributed by atoms with Crippen LogP contribution in [0.15, 0.2) is 0 Å². The van der Waals surface area contributed by atoms with Crippen molar-refractivity contribution in [3.05, 3.63) is 0 Å². The van der Waals surface area contributed by atoms with Gasteiger partial charge in [0.1, 0.15) is 0 Å². The van der Waals surface area contributed by atoms with E-state index in [4.69, 9.17) is 4.74 Å². The fourth-order valence-corrected chi connectivity index (χ4v) is 9.44. The maximum absolute atomic E-state index is 13.3. The molecule has 144 valence electrons. The van der Waals surface area contributed by atoms with Crippen molar-refractivity contribution in [1.82, 2.24) is 5.32 Å². The molecule has 6 aliphatic carbocycles. The van der Waals surface area contributed by atoms with Crippen LogP contribution < -0.4 is 5.32 Å². The van der Waals surface area contributed by atoms with Crippen molar-refractivity contribution < 1.29 is 9.53 Å². The number of nitrogens with one attached hydrogen (secondary N) is 1. The molecule has 7 fully saturated rings. The highest BCUT2D eigenvalue weighted by Gasteiger charge is 2.78. The third-order valence-corrected chi connectivity index (χ3v) is 10.7. The summed E-state index contributed by atoms with van der Waals surface area (Å²) in [6.45, 7) is 6.37.